The minimum absolute atomic E-state index is 0.311. The summed E-state index contributed by atoms with van der Waals surface area (Å²) in [6.45, 7) is 2.85. The summed E-state index contributed by atoms with van der Waals surface area (Å²) < 4.78 is 0. The van der Waals surface area contributed by atoms with Crippen LogP contribution in [0.1, 0.15) is 9.75 Å². The monoisotopic (exact) mass is 268 g/mol. The van der Waals surface area contributed by atoms with Crippen LogP contribution in [0.25, 0.3) is 0 Å². The maximum Gasteiger partial charge on any atom is 0.153 e. The Labute approximate surface area is 109 Å². The molecule has 0 atom stereocenters. The van der Waals surface area contributed by atoms with Gasteiger partial charge < -0.3 is 10.6 Å². The van der Waals surface area contributed by atoms with Crippen molar-refractivity contribution in [3.8, 4) is 0 Å². The van der Waals surface area contributed by atoms with Crippen LogP contribution in [0.3, 0.4) is 0 Å². The maximum absolute atomic E-state index is 6.07. The van der Waals surface area contributed by atoms with E-state index in [1.807, 2.05) is 11.9 Å². The number of rotatable bonds is 3. The van der Waals surface area contributed by atoms with Gasteiger partial charge in [0.1, 0.15) is 17.2 Å². The molecule has 2 heterocycles. The van der Waals surface area contributed by atoms with Gasteiger partial charge in [0, 0.05) is 16.8 Å². The molecule has 0 aliphatic heterocycles. The Morgan fingerprint density at radius 3 is 2.82 bits per heavy atom. The summed E-state index contributed by atoms with van der Waals surface area (Å²) in [5.74, 6) is 0.969. The molecule has 2 aromatic heterocycles. The van der Waals surface area contributed by atoms with Gasteiger partial charge in [-0.05, 0) is 19.1 Å². The minimum atomic E-state index is 0.311. The van der Waals surface area contributed by atoms with Gasteiger partial charge >= 0.3 is 0 Å². The molecule has 0 unspecified atom stereocenters. The van der Waals surface area contributed by atoms with Crippen LogP contribution in [-0.2, 0) is 6.54 Å². The van der Waals surface area contributed by atoms with Gasteiger partial charge in [-0.2, -0.15) is 0 Å². The van der Waals surface area contributed by atoms with Gasteiger partial charge in [0.25, 0.3) is 0 Å². The number of nitrogen functional groups attached to an aromatic ring is 1. The first-order chi connectivity index (χ1) is 8.08. The fourth-order valence-corrected chi connectivity index (χ4v) is 2.70. The lowest BCUT2D eigenvalue weighted by Crippen LogP contribution is -2.18. The van der Waals surface area contributed by atoms with Gasteiger partial charge in [0.15, 0.2) is 5.82 Å². The molecule has 0 spiro atoms. The van der Waals surface area contributed by atoms with Crippen molar-refractivity contribution in [1.82, 2.24) is 9.97 Å². The van der Waals surface area contributed by atoms with E-state index in [0.717, 1.165) is 6.54 Å². The van der Waals surface area contributed by atoms with Crippen molar-refractivity contribution in [2.45, 2.75) is 13.5 Å². The second-order valence-electron chi connectivity index (χ2n) is 3.76. The number of hydrogen-bond acceptors (Lipinski definition) is 5. The van der Waals surface area contributed by atoms with Crippen LogP contribution in [0.2, 0.25) is 5.02 Å². The number of halogens is 1. The molecular weight excluding hydrogens is 256 g/mol. The molecule has 0 amide bonds. The van der Waals surface area contributed by atoms with Crippen LogP contribution in [0.5, 0.6) is 0 Å². The number of aryl methyl sites for hydroxylation is 1. The SMILES string of the molecule is Cc1ccc(CN(C)c2ncnc(N)c2Cl)s1. The third-order valence-electron chi connectivity index (χ3n) is 2.35. The third kappa shape index (κ3) is 2.68. The van der Waals surface area contributed by atoms with Crippen LogP contribution >= 0.6 is 22.9 Å². The molecule has 0 saturated carbocycles. The number of thiophene rings is 1. The van der Waals surface area contributed by atoms with Crippen molar-refractivity contribution in [2.75, 3.05) is 17.7 Å². The lowest BCUT2D eigenvalue weighted by molar-refractivity contribution is 0.906. The molecule has 6 heteroatoms. The highest BCUT2D eigenvalue weighted by molar-refractivity contribution is 7.11. The van der Waals surface area contributed by atoms with E-state index in [2.05, 4.69) is 29.0 Å². The second kappa shape index (κ2) is 4.89. The molecule has 4 nitrogen and oxygen atoms in total. The molecular formula is C11H13ClN4S. The molecule has 2 rings (SSSR count). The van der Waals surface area contributed by atoms with E-state index in [1.54, 1.807) is 11.3 Å². The molecule has 0 saturated heterocycles. The smallest absolute Gasteiger partial charge is 0.153 e. The first-order valence-corrected chi connectivity index (χ1v) is 6.30. The van der Waals surface area contributed by atoms with Gasteiger partial charge in [-0.25, -0.2) is 9.97 Å². The highest BCUT2D eigenvalue weighted by atomic mass is 35.5. The first kappa shape index (κ1) is 12.1. The summed E-state index contributed by atoms with van der Waals surface area (Å²) in [6, 6.07) is 4.21. The molecule has 0 aliphatic carbocycles. The lowest BCUT2D eigenvalue weighted by Gasteiger charge is -2.18. The number of anilines is 2. The average molecular weight is 269 g/mol. The van der Waals surface area contributed by atoms with Crippen molar-refractivity contribution >= 4 is 34.6 Å². The zero-order chi connectivity index (χ0) is 12.4. The lowest BCUT2D eigenvalue weighted by atomic mass is 10.4. The molecule has 2 aromatic rings. The summed E-state index contributed by atoms with van der Waals surface area (Å²) >= 11 is 7.83. The Bertz CT molecular complexity index is 526. The number of nitrogens with zero attached hydrogens (tertiary/aromatic N) is 3. The molecule has 0 aromatic carbocycles. The molecule has 90 valence electrons. The minimum Gasteiger partial charge on any atom is -0.382 e. The van der Waals surface area contributed by atoms with E-state index in [0.29, 0.717) is 16.7 Å². The van der Waals surface area contributed by atoms with Gasteiger partial charge in [-0.1, -0.05) is 11.6 Å². The summed E-state index contributed by atoms with van der Waals surface area (Å²) in [4.78, 5) is 12.5. The van der Waals surface area contributed by atoms with Crippen LogP contribution < -0.4 is 10.6 Å². The van der Waals surface area contributed by atoms with Crippen molar-refractivity contribution in [3.05, 3.63) is 33.2 Å². The Balaban J connectivity index is 2.20. The number of aromatic nitrogens is 2. The molecule has 0 bridgehead atoms. The summed E-state index contributed by atoms with van der Waals surface area (Å²) in [5, 5.41) is 0.406. The Kier molecular flexibility index (Phi) is 3.49. The fourth-order valence-electron chi connectivity index (χ4n) is 1.52. The molecule has 0 aliphatic rings. The van der Waals surface area contributed by atoms with E-state index in [1.165, 1.54) is 16.1 Å². The van der Waals surface area contributed by atoms with Crippen LogP contribution in [0.15, 0.2) is 18.5 Å². The summed E-state index contributed by atoms with van der Waals surface area (Å²) in [7, 11) is 1.93. The third-order valence-corrected chi connectivity index (χ3v) is 3.70. The summed E-state index contributed by atoms with van der Waals surface area (Å²) in [6.07, 6.45) is 1.42. The van der Waals surface area contributed by atoms with Gasteiger partial charge in [0.2, 0.25) is 0 Å². The van der Waals surface area contributed by atoms with Crippen molar-refractivity contribution in [1.29, 1.82) is 0 Å². The predicted octanol–water partition coefficient (Wildman–Crippen LogP) is 2.72. The van der Waals surface area contributed by atoms with E-state index in [9.17, 15) is 0 Å². The quantitative estimate of drug-likeness (QED) is 0.930. The van der Waals surface area contributed by atoms with Crippen molar-refractivity contribution in [2.24, 2.45) is 0 Å². The van der Waals surface area contributed by atoms with Gasteiger partial charge in [-0.15, -0.1) is 11.3 Å². The maximum atomic E-state index is 6.07. The van der Waals surface area contributed by atoms with E-state index < -0.39 is 0 Å². The van der Waals surface area contributed by atoms with E-state index in [-0.39, 0.29) is 0 Å². The topological polar surface area (TPSA) is 55.0 Å². The highest BCUT2D eigenvalue weighted by Crippen LogP contribution is 2.28. The van der Waals surface area contributed by atoms with E-state index >= 15 is 0 Å². The highest BCUT2D eigenvalue weighted by Gasteiger charge is 2.12. The van der Waals surface area contributed by atoms with E-state index in [4.69, 9.17) is 17.3 Å². The Morgan fingerprint density at radius 2 is 2.18 bits per heavy atom. The Morgan fingerprint density at radius 1 is 1.41 bits per heavy atom. The first-order valence-electron chi connectivity index (χ1n) is 5.10. The van der Waals surface area contributed by atoms with Gasteiger partial charge in [-0.3, -0.25) is 0 Å². The second-order valence-corrected chi connectivity index (χ2v) is 5.52. The normalized spacial score (nSPS) is 10.5. The predicted molar refractivity (Wildman–Crippen MR) is 72.6 cm³/mol. The summed E-state index contributed by atoms with van der Waals surface area (Å²) in [5.41, 5.74) is 5.65. The zero-order valence-electron chi connectivity index (χ0n) is 9.64. The van der Waals surface area contributed by atoms with Crippen LogP contribution in [0.4, 0.5) is 11.6 Å². The standard InChI is InChI=1S/C11H13ClN4S/c1-7-3-4-8(17-7)5-16(2)11-9(12)10(13)14-6-15-11/h3-4,6H,5H2,1-2H3,(H2,13,14,15). The van der Waals surface area contributed by atoms with Crippen LogP contribution in [-0.4, -0.2) is 17.0 Å². The Hall–Kier alpha value is -1.33. The van der Waals surface area contributed by atoms with Crippen LogP contribution in [0, 0.1) is 6.92 Å². The largest absolute Gasteiger partial charge is 0.382 e. The van der Waals surface area contributed by atoms with Crippen molar-refractivity contribution in [3.63, 3.8) is 0 Å². The average Bonchev–Trinajstić information content (AvgIpc) is 2.68. The van der Waals surface area contributed by atoms with Gasteiger partial charge in [0.05, 0.1) is 6.54 Å². The fraction of sp³-hybridized carbons (Fsp3) is 0.273. The van der Waals surface area contributed by atoms with Crippen molar-refractivity contribution < 1.29 is 0 Å². The molecule has 17 heavy (non-hydrogen) atoms. The molecule has 2 N–H and O–H groups in total. The zero-order valence-corrected chi connectivity index (χ0v) is 11.2. The molecule has 0 fully saturated rings. The number of nitrogens with two attached hydrogens (primary N) is 1. The number of hydrogen-bond donors (Lipinski definition) is 1. The molecule has 0 radical (unpaired) electrons.